The fourth-order valence-corrected chi connectivity index (χ4v) is 3.70. The van der Waals surface area contributed by atoms with Gasteiger partial charge >= 0.3 is 6.18 Å². The smallest absolute Gasteiger partial charge is 0.263 e. The van der Waals surface area contributed by atoms with Crippen LogP contribution in [-0.2, 0) is 16.6 Å². The molecule has 0 fully saturated rings. The van der Waals surface area contributed by atoms with E-state index in [4.69, 9.17) is 0 Å². The second kappa shape index (κ2) is 6.12. The summed E-state index contributed by atoms with van der Waals surface area (Å²) in [6, 6.07) is 4.18. The Morgan fingerprint density at radius 2 is 2.05 bits per heavy atom. The second-order valence-corrected chi connectivity index (χ2v) is 6.93. The van der Waals surface area contributed by atoms with Crippen molar-refractivity contribution < 1.29 is 21.6 Å². The lowest BCUT2D eigenvalue weighted by Gasteiger charge is -2.22. The Balaban J connectivity index is 2.34. The van der Waals surface area contributed by atoms with E-state index in [1.807, 2.05) is 0 Å². The lowest BCUT2D eigenvalue weighted by Crippen LogP contribution is -2.38. The summed E-state index contributed by atoms with van der Waals surface area (Å²) in [6.07, 6.45) is -2.23. The van der Waals surface area contributed by atoms with Crippen molar-refractivity contribution >= 4 is 21.4 Å². The van der Waals surface area contributed by atoms with E-state index in [9.17, 15) is 21.6 Å². The van der Waals surface area contributed by atoms with Crippen LogP contribution in [-0.4, -0.2) is 30.4 Å². The summed E-state index contributed by atoms with van der Waals surface area (Å²) < 4.78 is 63.0. The number of pyridine rings is 1. The van der Waals surface area contributed by atoms with E-state index < -0.39 is 22.7 Å². The highest BCUT2D eigenvalue weighted by molar-refractivity contribution is 7.89. The van der Waals surface area contributed by atoms with Gasteiger partial charge in [0.15, 0.2) is 0 Å². The predicted molar refractivity (Wildman–Crippen MR) is 72.2 cm³/mol. The van der Waals surface area contributed by atoms with Gasteiger partial charge in [0.2, 0.25) is 10.0 Å². The molecule has 0 radical (unpaired) electrons. The van der Waals surface area contributed by atoms with Crippen LogP contribution in [0.1, 0.15) is 5.56 Å². The first-order chi connectivity index (χ1) is 9.79. The van der Waals surface area contributed by atoms with Gasteiger partial charge in [-0.05, 0) is 34.5 Å². The zero-order valence-corrected chi connectivity index (χ0v) is 12.2. The van der Waals surface area contributed by atoms with Crippen LogP contribution in [0, 0.1) is 0 Å². The molecular formula is C12H11F3N2O2S2. The first-order valence-electron chi connectivity index (χ1n) is 5.77. The topological polar surface area (TPSA) is 50.3 Å². The SMILES string of the molecule is O=S(=O)(c1cccnc1)N(Cc1ccsc1)CC(F)(F)F. The van der Waals surface area contributed by atoms with Crippen LogP contribution in [0.15, 0.2) is 46.2 Å². The number of hydrogen-bond acceptors (Lipinski definition) is 4. The van der Waals surface area contributed by atoms with Crippen molar-refractivity contribution in [3.05, 3.63) is 46.9 Å². The van der Waals surface area contributed by atoms with Gasteiger partial charge in [-0.3, -0.25) is 4.98 Å². The molecule has 0 unspecified atom stereocenters. The molecule has 0 saturated heterocycles. The second-order valence-electron chi connectivity index (χ2n) is 4.21. The third-order valence-corrected chi connectivity index (χ3v) is 5.07. The van der Waals surface area contributed by atoms with Crippen LogP contribution in [0.5, 0.6) is 0 Å². The fourth-order valence-electron chi connectivity index (χ4n) is 1.66. The van der Waals surface area contributed by atoms with E-state index in [-0.39, 0.29) is 11.4 Å². The molecule has 9 heteroatoms. The molecule has 2 heterocycles. The third-order valence-electron chi connectivity index (χ3n) is 2.57. The number of thiophene rings is 1. The lowest BCUT2D eigenvalue weighted by molar-refractivity contribution is -0.136. The van der Waals surface area contributed by atoms with E-state index in [0.29, 0.717) is 9.87 Å². The lowest BCUT2D eigenvalue weighted by atomic mass is 10.3. The summed E-state index contributed by atoms with van der Waals surface area (Å²) >= 11 is 1.29. The van der Waals surface area contributed by atoms with Gasteiger partial charge in [-0.2, -0.15) is 28.8 Å². The molecular weight excluding hydrogens is 325 g/mol. The van der Waals surface area contributed by atoms with Crippen LogP contribution in [0.3, 0.4) is 0 Å². The summed E-state index contributed by atoms with van der Waals surface area (Å²) in [7, 11) is -4.25. The van der Waals surface area contributed by atoms with Crippen molar-refractivity contribution in [2.75, 3.05) is 6.54 Å². The fraction of sp³-hybridized carbons (Fsp3) is 0.250. The number of aromatic nitrogens is 1. The Labute approximate surface area is 123 Å². The van der Waals surface area contributed by atoms with Gasteiger partial charge < -0.3 is 0 Å². The van der Waals surface area contributed by atoms with Gasteiger partial charge in [-0.1, -0.05) is 0 Å². The van der Waals surface area contributed by atoms with Crippen LogP contribution < -0.4 is 0 Å². The third kappa shape index (κ3) is 4.26. The normalized spacial score (nSPS) is 12.8. The van der Waals surface area contributed by atoms with Crippen LogP contribution >= 0.6 is 11.3 Å². The molecule has 0 spiro atoms. The van der Waals surface area contributed by atoms with Crippen LogP contribution in [0.4, 0.5) is 13.2 Å². The minimum Gasteiger partial charge on any atom is -0.263 e. The van der Waals surface area contributed by atoms with Crippen molar-refractivity contribution in [1.82, 2.24) is 9.29 Å². The number of sulfonamides is 1. The van der Waals surface area contributed by atoms with Gasteiger partial charge in [0.05, 0.1) is 0 Å². The molecule has 114 valence electrons. The zero-order valence-electron chi connectivity index (χ0n) is 10.6. The van der Waals surface area contributed by atoms with Crippen molar-refractivity contribution in [2.24, 2.45) is 0 Å². The van der Waals surface area contributed by atoms with Gasteiger partial charge in [-0.15, -0.1) is 0 Å². The van der Waals surface area contributed by atoms with E-state index in [0.717, 1.165) is 6.20 Å². The highest BCUT2D eigenvalue weighted by Gasteiger charge is 2.37. The van der Waals surface area contributed by atoms with Crippen molar-refractivity contribution in [3.8, 4) is 0 Å². The Kier molecular flexibility index (Phi) is 4.64. The van der Waals surface area contributed by atoms with E-state index in [2.05, 4.69) is 4.98 Å². The Bertz CT molecular complexity index is 670. The molecule has 0 N–H and O–H groups in total. The molecule has 0 aromatic carbocycles. The van der Waals surface area contributed by atoms with Crippen LogP contribution in [0.25, 0.3) is 0 Å². The Morgan fingerprint density at radius 1 is 1.29 bits per heavy atom. The molecule has 0 aliphatic heterocycles. The summed E-state index contributed by atoms with van der Waals surface area (Å²) in [4.78, 5) is 3.38. The van der Waals surface area contributed by atoms with E-state index >= 15 is 0 Å². The number of nitrogens with zero attached hydrogens (tertiary/aromatic N) is 2. The Morgan fingerprint density at radius 3 is 2.57 bits per heavy atom. The molecule has 2 aromatic rings. The average molecular weight is 336 g/mol. The van der Waals surface area contributed by atoms with Crippen molar-refractivity contribution in [3.63, 3.8) is 0 Å². The number of alkyl halides is 3. The molecule has 0 bridgehead atoms. The minimum atomic E-state index is -4.62. The maximum atomic E-state index is 12.7. The molecule has 2 aromatic heterocycles. The van der Waals surface area contributed by atoms with Gasteiger partial charge in [0.1, 0.15) is 11.4 Å². The molecule has 4 nitrogen and oxygen atoms in total. The number of rotatable bonds is 5. The summed E-state index contributed by atoms with van der Waals surface area (Å²) in [5, 5.41) is 3.29. The maximum absolute atomic E-state index is 12.7. The first-order valence-corrected chi connectivity index (χ1v) is 8.15. The maximum Gasteiger partial charge on any atom is 0.402 e. The summed E-state index contributed by atoms with van der Waals surface area (Å²) in [5.41, 5.74) is 0.511. The molecule has 0 atom stereocenters. The summed E-state index contributed by atoms with van der Waals surface area (Å²) in [6.45, 7) is -1.87. The number of hydrogen-bond donors (Lipinski definition) is 0. The molecule has 21 heavy (non-hydrogen) atoms. The van der Waals surface area contributed by atoms with Crippen molar-refractivity contribution in [1.29, 1.82) is 0 Å². The largest absolute Gasteiger partial charge is 0.402 e. The average Bonchev–Trinajstić information content (AvgIpc) is 2.90. The van der Waals surface area contributed by atoms with Gasteiger partial charge in [-0.25, -0.2) is 8.42 Å². The zero-order chi connectivity index (χ0) is 15.5. The quantitative estimate of drug-likeness (QED) is 0.844. The van der Waals surface area contributed by atoms with E-state index in [1.165, 1.54) is 29.7 Å². The molecule has 2 rings (SSSR count). The highest BCUT2D eigenvalue weighted by Crippen LogP contribution is 2.24. The van der Waals surface area contributed by atoms with E-state index in [1.54, 1.807) is 16.8 Å². The Hall–Kier alpha value is -1.45. The van der Waals surface area contributed by atoms with Gasteiger partial charge in [0, 0.05) is 18.9 Å². The summed E-state index contributed by atoms with van der Waals surface area (Å²) in [5.74, 6) is 0. The van der Waals surface area contributed by atoms with Gasteiger partial charge in [0.25, 0.3) is 0 Å². The monoisotopic (exact) mass is 336 g/mol. The minimum absolute atomic E-state index is 0.260. The number of halogens is 3. The molecule has 0 aliphatic rings. The highest BCUT2D eigenvalue weighted by atomic mass is 32.2. The van der Waals surface area contributed by atoms with Crippen molar-refractivity contribution in [2.45, 2.75) is 17.6 Å². The standard InChI is InChI=1S/C12H11F3N2O2S2/c13-12(14,15)9-17(7-10-3-5-20-8-10)21(18,19)11-2-1-4-16-6-11/h1-6,8H,7,9H2. The first kappa shape index (κ1) is 15.9. The molecule has 0 aliphatic carbocycles. The molecule has 0 amide bonds. The predicted octanol–water partition coefficient (Wildman–Crippen LogP) is 2.90. The van der Waals surface area contributed by atoms with Crippen LogP contribution in [0.2, 0.25) is 0 Å². The molecule has 0 saturated carbocycles.